The number of halogens is 5. The molecule has 1 rings (SSSR count). The van der Waals surface area contributed by atoms with Crippen molar-refractivity contribution in [2.75, 3.05) is 0 Å². The van der Waals surface area contributed by atoms with Gasteiger partial charge in [-0.25, -0.2) is 13.8 Å². The summed E-state index contributed by atoms with van der Waals surface area (Å²) in [7, 11) is 0. The number of rotatable bonds is 2. The number of alkyl halides is 5. The molecule has 0 aliphatic heterocycles. The summed E-state index contributed by atoms with van der Waals surface area (Å²) in [5, 5.41) is 18.8. The molecule has 0 amide bonds. The lowest BCUT2D eigenvalue weighted by Gasteiger charge is -2.09. The predicted molar refractivity (Wildman–Crippen MR) is 45.6 cm³/mol. The van der Waals surface area contributed by atoms with Gasteiger partial charge in [0.15, 0.2) is 0 Å². The third-order valence-electron chi connectivity index (χ3n) is 1.82. The molecule has 0 radical (unpaired) electrons. The van der Waals surface area contributed by atoms with Crippen LogP contribution in [-0.4, -0.2) is 9.91 Å². The Labute approximate surface area is 95.6 Å². The average molecular weight is 267 g/mol. The van der Waals surface area contributed by atoms with E-state index in [9.17, 15) is 32.1 Å². The maximum Gasteiger partial charge on any atom is 0.440 e. The van der Waals surface area contributed by atoms with Crippen LogP contribution in [0, 0.1) is 21.4 Å². The summed E-state index contributed by atoms with van der Waals surface area (Å²) in [4.78, 5) is 11.4. The molecular formula is C8H2F5N3O2. The van der Waals surface area contributed by atoms with Crippen molar-refractivity contribution in [1.29, 1.82) is 5.26 Å². The molecule has 0 aliphatic carbocycles. The van der Waals surface area contributed by atoms with Crippen LogP contribution >= 0.6 is 0 Å². The van der Waals surface area contributed by atoms with E-state index >= 15 is 0 Å². The highest BCUT2D eigenvalue weighted by atomic mass is 19.4. The van der Waals surface area contributed by atoms with E-state index in [2.05, 4.69) is 4.98 Å². The van der Waals surface area contributed by atoms with E-state index in [-0.39, 0.29) is 6.07 Å². The molecule has 5 nitrogen and oxygen atoms in total. The first-order valence-electron chi connectivity index (χ1n) is 4.13. The first kappa shape index (κ1) is 13.8. The fraction of sp³-hybridized carbons (Fsp3) is 0.250. The molecule has 0 aliphatic rings. The van der Waals surface area contributed by atoms with Crippen molar-refractivity contribution in [3.63, 3.8) is 0 Å². The van der Waals surface area contributed by atoms with Crippen molar-refractivity contribution in [2.45, 2.75) is 12.6 Å². The zero-order chi connectivity index (χ0) is 14.1. The molecule has 1 aromatic rings. The normalized spacial score (nSPS) is 11.4. The molecule has 0 aromatic carbocycles. The summed E-state index contributed by atoms with van der Waals surface area (Å²) in [5.41, 5.74) is -6.00. The van der Waals surface area contributed by atoms with Gasteiger partial charge in [0.2, 0.25) is 5.69 Å². The number of hydrogen-bond acceptors (Lipinski definition) is 4. The van der Waals surface area contributed by atoms with E-state index < -0.39 is 40.2 Å². The first-order valence-corrected chi connectivity index (χ1v) is 4.13. The molecule has 0 saturated carbocycles. The second-order valence-corrected chi connectivity index (χ2v) is 2.96. The Morgan fingerprint density at radius 2 is 2.00 bits per heavy atom. The molecule has 0 bridgehead atoms. The van der Waals surface area contributed by atoms with Gasteiger partial charge in [-0.15, -0.1) is 0 Å². The van der Waals surface area contributed by atoms with Gasteiger partial charge < -0.3 is 0 Å². The van der Waals surface area contributed by atoms with Gasteiger partial charge >= 0.3 is 11.9 Å². The lowest BCUT2D eigenvalue weighted by molar-refractivity contribution is -0.388. The van der Waals surface area contributed by atoms with Crippen LogP contribution in [0.2, 0.25) is 0 Å². The standard InChI is InChI=1S/C8H2F5N3O2/c9-7(10)5-3(2-14)1-4(16(17)18)6(15-5)8(11,12)13/h1,7H. The molecule has 0 atom stereocenters. The van der Waals surface area contributed by atoms with Crippen LogP contribution in [0.15, 0.2) is 6.07 Å². The quantitative estimate of drug-likeness (QED) is 0.468. The average Bonchev–Trinajstić information content (AvgIpc) is 2.25. The van der Waals surface area contributed by atoms with Crippen molar-refractivity contribution in [1.82, 2.24) is 4.98 Å². The fourth-order valence-electron chi connectivity index (χ4n) is 1.12. The van der Waals surface area contributed by atoms with Gasteiger partial charge in [0.25, 0.3) is 6.43 Å². The van der Waals surface area contributed by atoms with Crippen LogP contribution in [0.3, 0.4) is 0 Å². The van der Waals surface area contributed by atoms with E-state index in [1.54, 1.807) is 0 Å². The smallest absolute Gasteiger partial charge is 0.258 e. The highest BCUT2D eigenvalue weighted by Gasteiger charge is 2.42. The minimum atomic E-state index is -5.26. The fourth-order valence-corrected chi connectivity index (χ4v) is 1.12. The highest BCUT2D eigenvalue weighted by Crippen LogP contribution is 2.37. The van der Waals surface area contributed by atoms with Crippen LogP contribution in [0.5, 0.6) is 0 Å². The van der Waals surface area contributed by atoms with Crippen molar-refractivity contribution in [2.24, 2.45) is 0 Å². The van der Waals surface area contributed by atoms with Crippen LogP contribution in [0.1, 0.15) is 23.4 Å². The Bertz CT molecular complexity index is 535. The van der Waals surface area contributed by atoms with Crippen molar-refractivity contribution in [3.8, 4) is 6.07 Å². The molecule has 0 fully saturated rings. The maximum atomic E-state index is 12.4. The van der Waals surface area contributed by atoms with E-state index in [1.807, 2.05) is 0 Å². The molecule has 0 saturated heterocycles. The summed E-state index contributed by atoms with van der Waals surface area (Å²) in [6, 6.07) is 1.27. The zero-order valence-corrected chi connectivity index (χ0v) is 8.20. The number of nitriles is 1. The molecule has 10 heteroatoms. The van der Waals surface area contributed by atoms with E-state index in [1.165, 1.54) is 0 Å². The number of pyridine rings is 1. The Kier molecular flexibility index (Phi) is 3.45. The number of hydrogen-bond donors (Lipinski definition) is 0. The molecule has 0 N–H and O–H groups in total. The van der Waals surface area contributed by atoms with Gasteiger partial charge in [0.05, 0.1) is 10.5 Å². The maximum absolute atomic E-state index is 12.4. The van der Waals surface area contributed by atoms with Crippen LogP contribution in [0.4, 0.5) is 27.6 Å². The lowest BCUT2D eigenvalue weighted by Crippen LogP contribution is -2.14. The monoisotopic (exact) mass is 267 g/mol. The van der Waals surface area contributed by atoms with Gasteiger partial charge in [-0.2, -0.15) is 18.4 Å². The van der Waals surface area contributed by atoms with Gasteiger partial charge in [0.1, 0.15) is 11.8 Å². The number of aromatic nitrogens is 1. The zero-order valence-electron chi connectivity index (χ0n) is 8.20. The summed E-state index contributed by atoms with van der Waals surface area (Å²) in [5.74, 6) is 0. The molecule has 18 heavy (non-hydrogen) atoms. The van der Waals surface area contributed by atoms with Crippen molar-refractivity contribution < 1.29 is 26.9 Å². The van der Waals surface area contributed by atoms with Crippen LogP contribution in [0.25, 0.3) is 0 Å². The number of nitrogens with zero attached hydrogens (tertiary/aromatic N) is 3. The van der Waals surface area contributed by atoms with Gasteiger partial charge in [-0.3, -0.25) is 10.1 Å². The molecule has 1 heterocycles. The SMILES string of the molecule is N#Cc1cc([N+](=O)[O-])c(C(F)(F)F)nc1C(F)F. The summed E-state index contributed by atoms with van der Waals surface area (Å²) < 4.78 is 61.9. The molecule has 0 spiro atoms. The minimum absolute atomic E-state index is 0.136. The Morgan fingerprint density at radius 3 is 2.33 bits per heavy atom. The summed E-state index contributed by atoms with van der Waals surface area (Å²) in [6.07, 6.45) is -8.71. The van der Waals surface area contributed by atoms with E-state index in [0.29, 0.717) is 0 Å². The van der Waals surface area contributed by atoms with Crippen molar-refractivity contribution in [3.05, 3.63) is 33.1 Å². The largest absolute Gasteiger partial charge is 0.440 e. The topological polar surface area (TPSA) is 79.8 Å². The van der Waals surface area contributed by atoms with E-state index in [0.717, 1.165) is 6.07 Å². The Balaban J connectivity index is 3.65. The highest BCUT2D eigenvalue weighted by molar-refractivity contribution is 5.47. The Hall–Kier alpha value is -2.31. The molecular weight excluding hydrogens is 265 g/mol. The van der Waals surface area contributed by atoms with Crippen LogP contribution < -0.4 is 0 Å². The third-order valence-corrected chi connectivity index (χ3v) is 1.82. The predicted octanol–water partition coefficient (Wildman–Crippen LogP) is 2.82. The number of nitro groups is 1. The van der Waals surface area contributed by atoms with E-state index in [4.69, 9.17) is 5.26 Å². The lowest BCUT2D eigenvalue weighted by atomic mass is 10.1. The Morgan fingerprint density at radius 1 is 1.44 bits per heavy atom. The summed E-state index contributed by atoms with van der Waals surface area (Å²) >= 11 is 0. The third kappa shape index (κ3) is 2.50. The molecule has 1 aromatic heterocycles. The first-order chi connectivity index (χ1) is 8.18. The second-order valence-electron chi connectivity index (χ2n) is 2.96. The summed E-state index contributed by atoms with van der Waals surface area (Å²) in [6.45, 7) is 0. The van der Waals surface area contributed by atoms with Gasteiger partial charge in [0, 0.05) is 6.07 Å². The molecule has 0 unspecified atom stereocenters. The van der Waals surface area contributed by atoms with Crippen molar-refractivity contribution >= 4 is 5.69 Å². The van der Waals surface area contributed by atoms with Crippen LogP contribution in [-0.2, 0) is 6.18 Å². The second kappa shape index (κ2) is 4.52. The van der Waals surface area contributed by atoms with Gasteiger partial charge in [-0.1, -0.05) is 0 Å². The molecule has 96 valence electrons. The minimum Gasteiger partial charge on any atom is -0.258 e. The van der Waals surface area contributed by atoms with Gasteiger partial charge in [-0.05, 0) is 0 Å².